The monoisotopic (exact) mass is 228 g/mol. The van der Waals surface area contributed by atoms with Gasteiger partial charge in [0, 0.05) is 18.2 Å². The summed E-state index contributed by atoms with van der Waals surface area (Å²) in [6, 6.07) is 3.28. The Morgan fingerprint density at radius 3 is 2.75 bits per heavy atom. The zero-order valence-electron chi connectivity index (χ0n) is 9.02. The maximum absolute atomic E-state index is 13.1. The van der Waals surface area contributed by atoms with Crippen molar-refractivity contribution in [3.63, 3.8) is 0 Å². The zero-order chi connectivity index (χ0) is 12.0. The number of carbonyl (C=O) groups excluding carboxylic acids is 1. The van der Waals surface area contributed by atoms with E-state index in [0.29, 0.717) is 6.54 Å². The number of hydrogen-bond donors (Lipinski definition) is 2. The van der Waals surface area contributed by atoms with Crippen LogP contribution in [0.5, 0.6) is 0 Å². The summed E-state index contributed by atoms with van der Waals surface area (Å²) in [4.78, 5) is 11.2. The molecule has 0 aliphatic heterocycles. The first-order valence-corrected chi connectivity index (χ1v) is 5.04. The van der Waals surface area contributed by atoms with Crippen LogP contribution < -0.4 is 10.6 Å². The van der Waals surface area contributed by atoms with Crippen molar-refractivity contribution in [2.24, 2.45) is 0 Å². The molecule has 1 aromatic rings. The lowest BCUT2D eigenvalue weighted by Crippen LogP contribution is -2.33. The van der Waals surface area contributed by atoms with Crippen molar-refractivity contribution in [3.05, 3.63) is 35.4 Å². The van der Waals surface area contributed by atoms with E-state index in [4.69, 9.17) is 0 Å². The summed E-state index contributed by atoms with van der Waals surface area (Å²) in [5, 5.41) is 5.37. The third-order valence-corrected chi connectivity index (χ3v) is 2.03. The van der Waals surface area contributed by atoms with Gasteiger partial charge in [0.1, 0.15) is 11.6 Å². The quantitative estimate of drug-likeness (QED) is 0.794. The van der Waals surface area contributed by atoms with Crippen molar-refractivity contribution >= 4 is 5.91 Å². The third kappa shape index (κ3) is 3.94. The molecule has 0 bridgehead atoms. The van der Waals surface area contributed by atoms with Crippen molar-refractivity contribution in [3.8, 4) is 0 Å². The number of amides is 1. The van der Waals surface area contributed by atoms with Crippen molar-refractivity contribution in [2.45, 2.75) is 13.5 Å². The smallest absolute Gasteiger partial charge is 0.234 e. The molecule has 1 aromatic carbocycles. The zero-order valence-corrected chi connectivity index (χ0v) is 9.02. The van der Waals surface area contributed by atoms with E-state index < -0.39 is 11.6 Å². The molecule has 5 heteroatoms. The molecule has 2 N–H and O–H groups in total. The van der Waals surface area contributed by atoms with Gasteiger partial charge in [0.05, 0.1) is 6.54 Å². The Balaban J connectivity index is 2.45. The number of likely N-dealkylation sites (N-methyl/N-ethyl adjacent to an activating group) is 1. The lowest BCUT2D eigenvalue weighted by Gasteiger charge is -2.06. The van der Waals surface area contributed by atoms with Crippen LogP contribution in [0.15, 0.2) is 18.2 Å². The second-order valence-corrected chi connectivity index (χ2v) is 3.29. The number of nitrogens with one attached hydrogen (secondary N) is 2. The van der Waals surface area contributed by atoms with Crippen LogP contribution in [0, 0.1) is 11.6 Å². The molecule has 0 spiro atoms. The van der Waals surface area contributed by atoms with Gasteiger partial charge in [-0.05, 0) is 12.6 Å². The molecule has 0 heterocycles. The molecule has 0 saturated carbocycles. The predicted octanol–water partition coefficient (Wildman–Crippen LogP) is 1.19. The Bertz CT molecular complexity index is 369. The number of halogens is 2. The van der Waals surface area contributed by atoms with Crippen LogP contribution >= 0.6 is 0 Å². The Kier molecular flexibility index (Phi) is 4.85. The van der Waals surface area contributed by atoms with Crippen molar-refractivity contribution < 1.29 is 13.6 Å². The fourth-order valence-corrected chi connectivity index (χ4v) is 1.16. The van der Waals surface area contributed by atoms with Crippen LogP contribution in [-0.2, 0) is 11.3 Å². The minimum Gasteiger partial charge on any atom is -0.351 e. The molecule has 0 radical (unpaired) electrons. The topological polar surface area (TPSA) is 41.1 Å². The maximum Gasteiger partial charge on any atom is 0.234 e. The van der Waals surface area contributed by atoms with E-state index in [0.717, 1.165) is 12.1 Å². The highest BCUT2D eigenvalue weighted by Crippen LogP contribution is 2.08. The van der Waals surface area contributed by atoms with Gasteiger partial charge in [0.15, 0.2) is 0 Å². The van der Waals surface area contributed by atoms with Crippen LogP contribution in [0.1, 0.15) is 12.5 Å². The molecule has 0 aliphatic rings. The summed E-state index contributed by atoms with van der Waals surface area (Å²) in [5.41, 5.74) is 0.270. The Hall–Kier alpha value is -1.49. The highest BCUT2D eigenvalue weighted by atomic mass is 19.1. The summed E-state index contributed by atoms with van der Waals surface area (Å²) >= 11 is 0. The van der Waals surface area contributed by atoms with Gasteiger partial charge in [0.2, 0.25) is 5.91 Å². The van der Waals surface area contributed by atoms with Crippen molar-refractivity contribution in [2.75, 3.05) is 13.1 Å². The molecule has 0 saturated heterocycles. The summed E-state index contributed by atoms with van der Waals surface area (Å²) in [6.07, 6.45) is 0. The second kappa shape index (κ2) is 6.17. The van der Waals surface area contributed by atoms with Gasteiger partial charge in [-0.25, -0.2) is 8.78 Å². The Labute approximate surface area is 92.8 Å². The number of benzene rings is 1. The Morgan fingerprint density at radius 2 is 2.12 bits per heavy atom. The normalized spacial score (nSPS) is 10.2. The molecule has 0 fully saturated rings. The van der Waals surface area contributed by atoms with E-state index in [-0.39, 0.29) is 24.6 Å². The lowest BCUT2D eigenvalue weighted by molar-refractivity contribution is -0.120. The average Bonchev–Trinajstić information content (AvgIpc) is 2.25. The number of carbonyl (C=O) groups is 1. The van der Waals surface area contributed by atoms with Gasteiger partial charge in [0.25, 0.3) is 0 Å². The van der Waals surface area contributed by atoms with Gasteiger partial charge in [-0.15, -0.1) is 0 Å². The number of hydrogen-bond acceptors (Lipinski definition) is 2. The molecule has 0 unspecified atom stereocenters. The van der Waals surface area contributed by atoms with E-state index in [1.807, 2.05) is 6.92 Å². The van der Waals surface area contributed by atoms with E-state index >= 15 is 0 Å². The third-order valence-electron chi connectivity index (χ3n) is 2.03. The largest absolute Gasteiger partial charge is 0.351 e. The fourth-order valence-electron chi connectivity index (χ4n) is 1.16. The van der Waals surface area contributed by atoms with E-state index in [1.165, 1.54) is 6.07 Å². The van der Waals surface area contributed by atoms with Crippen LogP contribution in [0.3, 0.4) is 0 Å². The maximum atomic E-state index is 13.1. The van der Waals surface area contributed by atoms with Crippen LogP contribution in [0.4, 0.5) is 8.78 Å². The summed E-state index contributed by atoms with van der Waals surface area (Å²) in [5.74, 6) is -1.49. The minimum absolute atomic E-state index is 0.0658. The SMILES string of the molecule is CCNCC(=O)NCc1ccc(F)cc1F. The molecule has 0 aromatic heterocycles. The molecule has 16 heavy (non-hydrogen) atoms. The molecule has 3 nitrogen and oxygen atoms in total. The minimum atomic E-state index is -0.649. The summed E-state index contributed by atoms with van der Waals surface area (Å²) < 4.78 is 25.7. The molecular formula is C11H14F2N2O. The highest BCUT2D eigenvalue weighted by molar-refractivity contribution is 5.77. The lowest BCUT2D eigenvalue weighted by atomic mass is 10.2. The molecule has 88 valence electrons. The average molecular weight is 228 g/mol. The highest BCUT2D eigenvalue weighted by Gasteiger charge is 2.05. The molecule has 1 rings (SSSR count). The molecular weight excluding hydrogens is 214 g/mol. The van der Waals surface area contributed by atoms with Gasteiger partial charge in [-0.1, -0.05) is 13.0 Å². The molecule has 0 atom stereocenters. The number of rotatable bonds is 5. The summed E-state index contributed by atoms with van der Waals surface area (Å²) in [7, 11) is 0. The van der Waals surface area contributed by atoms with Gasteiger partial charge in [-0.3, -0.25) is 4.79 Å². The van der Waals surface area contributed by atoms with Crippen LogP contribution in [0.2, 0.25) is 0 Å². The predicted molar refractivity (Wildman–Crippen MR) is 56.7 cm³/mol. The Morgan fingerprint density at radius 1 is 1.38 bits per heavy atom. The second-order valence-electron chi connectivity index (χ2n) is 3.29. The summed E-state index contributed by atoms with van der Waals surface area (Å²) in [6.45, 7) is 2.83. The van der Waals surface area contributed by atoms with Gasteiger partial charge >= 0.3 is 0 Å². The first-order valence-electron chi connectivity index (χ1n) is 5.04. The van der Waals surface area contributed by atoms with Gasteiger partial charge in [-0.2, -0.15) is 0 Å². The van der Waals surface area contributed by atoms with Crippen LogP contribution in [-0.4, -0.2) is 19.0 Å². The molecule has 1 amide bonds. The van der Waals surface area contributed by atoms with Crippen LogP contribution in [0.25, 0.3) is 0 Å². The van der Waals surface area contributed by atoms with Gasteiger partial charge < -0.3 is 10.6 Å². The fraction of sp³-hybridized carbons (Fsp3) is 0.364. The first kappa shape index (κ1) is 12.6. The van der Waals surface area contributed by atoms with Crippen molar-refractivity contribution in [1.82, 2.24) is 10.6 Å². The van der Waals surface area contributed by atoms with E-state index in [1.54, 1.807) is 0 Å². The first-order chi connectivity index (χ1) is 7.63. The van der Waals surface area contributed by atoms with E-state index in [2.05, 4.69) is 10.6 Å². The molecule has 0 aliphatic carbocycles. The van der Waals surface area contributed by atoms with Crippen molar-refractivity contribution in [1.29, 1.82) is 0 Å². The van der Waals surface area contributed by atoms with E-state index in [9.17, 15) is 13.6 Å². The standard InChI is InChI=1S/C11H14F2N2O/c1-2-14-7-11(16)15-6-8-3-4-9(12)5-10(8)13/h3-5,14H,2,6-7H2,1H3,(H,15,16).